The van der Waals surface area contributed by atoms with Gasteiger partial charge in [-0.1, -0.05) is 5.56 Å². The molecule has 0 heterocycles. The third-order valence-corrected chi connectivity index (χ3v) is 1.81. The Morgan fingerprint density at radius 3 is 2.75 bits per heavy atom. The number of aliphatic carboxylic acids is 1. The molecule has 0 aromatic heterocycles. The van der Waals surface area contributed by atoms with Crippen LogP contribution < -0.4 is 0 Å². The van der Waals surface area contributed by atoms with Gasteiger partial charge in [0.1, 0.15) is 12.2 Å². The van der Waals surface area contributed by atoms with Gasteiger partial charge < -0.3 is 11.2 Å². The predicted octanol–water partition coefficient (Wildman–Crippen LogP) is 1.67. The fourth-order valence-electron chi connectivity index (χ4n) is 1.17. The van der Waals surface area contributed by atoms with Crippen molar-refractivity contribution in [3.05, 3.63) is 48.0 Å². The number of allylic oxidation sites excluding steroid dienone is 1. The summed E-state index contributed by atoms with van der Waals surface area (Å²) in [6.07, 6.45) is 2.69. The number of carboxylic acid groups (broad SMARTS) is 1. The third kappa shape index (κ3) is 4.82. The van der Waals surface area contributed by atoms with Crippen molar-refractivity contribution >= 4 is 11.8 Å². The molecule has 81 valence electrons. The minimum absolute atomic E-state index is 0. The van der Waals surface area contributed by atoms with Crippen LogP contribution in [0.15, 0.2) is 24.8 Å². The van der Waals surface area contributed by atoms with E-state index >= 15 is 0 Å². The molecule has 0 aliphatic heterocycles. The summed E-state index contributed by atoms with van der Waals surface area (Å²) in [7, 11) is 0. The van der Waals surface area contributed by atoms with Crippen LogP contribution in [0.3, 0.4) is 0 Å². The zero-order valence-corrected chi connectivity index (χ0v) is 11.5. The van der Waals surface area contributed by atoms with E-state index in [0.29, 0.717) is 12.0 Å². The van der Waals surface area contributed by atoms with Crippen LogP contribution >= 0.6 is 0 Å². The van der Waals surface area contributed by atoms with Crippen LogP contribution in [0, 0.1) is 12.1 Å². The molecule has 1 rings (SSSR count). The van der Waals surface area contributed by atoms with Gasteiger partial charge >= 0.3 is 5.97 Å². The topological polar surface area (TPSA) is 54.4 Å². The summed E-state index contributed by atoms with van der Waals surface area (Å²) in [5.74, 6) is -1.52. The van der Waals surface area contributed by atoms with Crippen LogP contribution in [0.2, 0.25) is 0 Å². The average molecular weight is 291 g/mol. The molecule has 16 heavy (non-hydrogen) atoms. The smallest absolute Gasteiger partial charge is 0.311 e. The van der Waals surface area contributed by atoms with Gasteiger partial charge in [0, 0.05) is 32.7 Å². The van der Waals surface area contributed by atoms with Crippen molar-refractivity contribution in [2.75, 3.05) is 0 Å². The second-order valence-electron chi connectivity index (χ2n) is 3.02. The summed E-state index contributed by atoms with van der Waals surface area (Å²) in [5, 5.41) is 8.47. The molecule has 0 bridgehead atoms. The molecule has 0 unspecified atom stereocenters. The van der Waals surface area contributed by atoms with Crippen LogP contribution in [-0.4, -0.2) is 16.9 Å². The average Bonchev–Trinajstić information content (AvgIpc) is 2.17. The standard InChI is InChI=1S/C12H10O3.Y/c1-2-4-9-5-3-6-10(7-9)11(13)8-12(14)15;/h3,6-7H,1,4,8H2,(H,14,15);/q-2;. The number of benzene rings is 1. The number of hydrogen-bond acceptors (Lipinski definition) is 2. The van der Waals surface area contributed by atoms with Crippen LogP contribution in [-0.2, 0) is 43.9 Å². The number of ketones is 1. The first-order valence-electron chi connectivity index (χ1n) is 4.39. The van der Waals surface area contributed by atoms with Gasteiger partial charge in [-0.15, -0.1) is 0 Å². The van der Waals surface area contributed by atoms with Gasteiger partial charge in [-0.25, -0.2) is 0 Å². The zero-order chi connectivity index (χ0) is 11.3. The van der Waals surface area contributed by atoms with Gasteiger partial charge in [0.25, 0.3) is 0 Å². The SMILES string of the molecule is C=[C-]Cc1[c-]ccc(C(=O)CC(=O)O)c1.[Y]. The Labute approximate surface area is 119 Å². The van der Waals surface area contributed by atoms with E-state index in [1.54, 1.807) is 18.2 Å². The quantitative estimate of drug-likeness (QED) is 0.510. The molecule has 0 spiro atoms. The molecule has 0 saturated carbocycles. The molecular weight excluding hydrogens is 281 g/mol. The fourth-order valence-corrected chi connectivity index (χ4v) is 1.17. The van der Waals surface area contributed by atoms with E-state index in [9.17, 15) is 9.59 Å². The maximum Gasteiger partial charge on any atom is 0.311 e. The number of Topliss-reactive ketones (excluding diaryl/α,β-unsaturated/α-hetero) is 1. The second kappa shape index (κ2) is 7.47. The molecule has 1 N–H and O–H groups in total. The molecule has 1 aromatic rings. The maximum absolute atomic E-state index is 11.4. The molecule has 0 aliphatic rings. The molecule has 0 atom stereocenters. The van der Waals surface area contributed by atoms with Crippen molar-refractivity contribution in [2.45, 2.75) is 12.8 Å². The first-order valence-corrected chi connectivity index (χ1v) is 4.39. The monoisotopic (exact) mass is 291 g/mol. The van der Waals surface area contributed by atoms with Gasteiger partial charge in [0.2, 0.25) is 0 Å². The number of carbonyl (C=O) groups excluding carboxylic acids is 1. The Hall–Kier alpha value is -0.796. The number of carbonyl (C=O) groups is 2. The van der Waals surface area contributed by atoms with Crippen molar-refractivity contribution in [1.29, 1.82) is 0 Å². The van der Waals surface area contributed by atoms with E-state index in [1.165, 1.54) is 0 Å². The summed E-state index contributed by atoms with van der Waals surface area (Å²) in [5.41, 5.74) is 1.17. The summed E-state index contributed by atoms with van der Waals surface area (Å²) >= 11 is 0. The zero-order valence-electron chi connectivity index (χ0n) is 8.69. The van der Waals surface area contributed by atoms with Gasteiger partial charge in [0.05, 0.1) is 0 Å². The van der Waals surface area contributed by atoms with E-state index in [2.05, 4.69) is 18.7 Å². The molecule has 1 radical (unpaired) electrons. The van der Waals surface area contributed by atoms with Crippen LogP contribution in [0.1, 0.15) is 22.3 Å². The van der Waals surface area contributed by atoms with Gasteiger partial charge in [0.15, 0.2) is 0 Å². The Morgan fingerprint density at radius 2 is 2.19 bits per heavy atom. The molecule has 0 saturated heterocycles. The van der Waals surface area contributed by atoms with E-state index in [0.717, 1.165) is 5.56 Å². The minimum atomic E-state index is -1.12. The minimum Gasteiger partial charge on any atom is -0.502 e. The van der Waals surface area contributed by atoms with Crippen LogP contribution in [0.25, 0.3) is 0 Å². The Morgan fingerprint density at radius 1 is 1.50 bits per heavy atom. The van der Waals surface area contributed by atoms with Gasteiger partial charge in [-0.2, -0.15) is 36.2 Å². The molecule has 0 amide bonds. The number of carboxylic acids is 1. The largest absolute Gasteiger partial charge is 0.502 e. The summed E-state index contributed by atoms with van der Waals surface area (Å²) in [6, 6.07) is 7.68. The Kier molecular flexibility index (Phi) is 7.10. The first-order chi connectivity index (χ1) is 7.13. The second-order valence-corrected chi connectivity index (χ2v) is 3.02. The molecule has 0 aliphatic carbocycles. The summed E-state index contributed by atoms with van der Waals surface area (Å²) in [6.45, 7) is 3.45. The normalized spacial score (nSPS) is 9.00. The molecular formula is C12H10O3Y-2. The Balaban J connectivity index is 0.00000225. The van der Waals surface area contributed by atoms with Crippen molar-refractivity contribution in [3.63, 3.8) is 0 Å². The van der Waals surface area contributed by atoms with Crippen molar-refractivity contribution < 1.29 is 47.4 Å². The third-order valence-electron chi connectivity index (χ3n) is 1.81. The predicted molar refractivity (Wildman–Crippen MR) is 54.4 cm³/mol. The van der Waals surface area contributed by atoms with Crippen molar-refractivity contribution in [3.8, 4) is 0 Å². The summed E-state index contributed by atoms with van der Waals surface area (Å²) < 4.78 is 0. The van der Waals surface area contributed by atoms with E-state index in [4.69, 9.17) is 5.11 Å². The van der Waals surface area contributed by atoms with Crippen LogP contribution in [0.4, 0.5) is 0 Å². The molecule has 0 fully saturated rings. The van der Waals surface area contributed by atoms with Crippen LogP contribution in [0.5, 0.6) is 0 Å². The molecule has 1 aromatic carbocycles. The number of rotatable bonds is 5. The first kappa shape index (κ1) is 15.2. The van der Waals surface area contributed by atoms with E-state index < -0.39 is 18.2 Å². The van der Waals surface area contributed by atoms with Gasteiger partial charge in [-0.05, 0) is 0 Å². The number of hydrogen-bond donors (Lipinski definition) is 1. The Bertz CT molecular complexity index is 399. The van der Waals surface area contributed by atoms with E-state index in [1.807, 2.05) is 0 Å². The van der Waals surface area contributed by atoms with Crippen molar-refractivity contribution in [1.82, 2.24) is 0 Å². The van der Waals surface area contributed by atoms with Crippen molar-refractivity contribution in [2.24, 2.45) is 0 Å². The van der Waals surface area contributed by atoms with E-state index in [-0.39, 0.29) is 32.7 Å². The molecule has 4 heteroatoms. The van der Waals surface area contributed by atoms with Gasteiger partial charge in [-0.3, -0.25) is 16.2 Å². The molecule has 3 nitrogen and oxygen atoms in total. The summed E-state index contributed by atoms with van der Waals surface area (Å²) in [4.78, 5) is 21.7. The maximum atomic E-state index is 11.4. The fraction of sp³-hybridized carbons (Fsp3) is 0.167.